The van der Waals surface area contributed by atoms with Crippen LogP contribution in [0, 0.1) is 21.4 Å². The van der Waals surface area contributed by atoms with E-state index in [4.69, 9.17) is 4.74 Å². The van der Waals surface area contributed by atoms with E-state index in [0.29, 0.717) is 12.2 Å². The van der Waals surface area contributed by atoms with Gasteiger partial charge >= 0.3 is 5.97 Å². The second kappa shape index (κ2) is 10.8. The summed E-state index contributed by atoms with van der Waals surface area (Å²) < 4.78 is 5.21. The minimum atomic E-state index is -0.440. The number of rotatable bonds is 11. The molecule has 1 aliphatic carbocycles. The fourth-order valence-electron chi connectivity index (χ4n) is 5.04. The summed E-state index contributed by atoms with van der Waals surface area (Å²) in [5.41, 5.74) is 1.33. The van der Waals surface area contributed by atoms with Crippen LogP contribution in [-0.4, -0.2) is 35.5 Å². The van der Waals surface area contributed by atoms with Crippen LogP contribution in [0.5, 0.6) is 0 Å². The molecule has 0 aromatic carbocycles. The molecule has 6 heteroatoms. The highest BCUT2D eigenvalue weighted by Gasteiger charge is 2.48. The van der Waals surface area contributed by atoms with Crippen molar-refractivity contribution >= 4 is 5.97 Å². The first kappa shape index (κ1) is 23.4. The number of carbonyl (C=O) groups is 1. The highest BCUT2D eigenvalue weighted by Crippen LogP contribution is 2.50. The first-order chi connectivity index (χ1) is 13.8. The van der Waals surface area contributed by atoms with E-state index >= 15 is 0 Å². The van der Waals surface area contributed by atoms with E-state index in [-0.39, 0.29) is 28.9 Å². The monoisotopic (exact) mass is 406 g/mol. The predicted molar refractivity (Wildman–Crippen MR) is 115 cm³/mol. The van der Waals surface area contributed by atoms with Gasteiger partial charge in [-0.3, -0.25) is 14.9 Å². The van der Waals surface area contributed by atoms with Crippen molar-refractivity contribution in [1.82, 2.24) is 4.90 Å². The average molecular weight is 407 g/mol. The molecule has 1 fully saturated rings. The zero-order chi connectivity index (χ0) is 21.4. The summed E-state index contributed by atoms with van der Waals surface area (Å²) in [6, 6.07) is 0. The fourth-order valence-corrected chi connectivity index (χ4v) is 5.04. The molecule has 2 atom stereocenters. The van der Waals surface area contributed by atoms with Crippen LogP contribution in [-0.2, 0) is 9.53 Å². The van der Waals surface area contributed by atoms with E-state index in [1.54, 1.807) is 6.92 Å². The Morgan fingerprint density at radius 1 is 1.28 bits per heavy atom. The molecule has 2 aliphatic rings. The van der Waals surface area contributed by atoms with Gasteiger partial charge in [-0.05, 0) is 33.1 Å². The van der Waals surface area contributed by atoms with E-state index in [0.717, 1.165) is 44.5 Å². The second-order valence-electron chi connectivity index (χ2n) is 8.76. The number of likely N-dealkylation sites (tertiary alicyclic amines) is 1. The van der Waals surface area contributed by atoms with Crippen LogP contribution in [0.25, 0.3) is 0 Å². The van der Waals surface area contributed by atoms with Gasteiger partial charge in [0.05, 0.1) is 23.6 Å². The van der Waals surface area contributed by atoms with Crippen molar-refractivity contribution in [3.05, 3.63) is 33.2 Å². The Labute approximate surface area is 175 Å². The number of ether oxygens (including phenoxy) is 1. The first-order valence-corrected chi connectivity index (χ1v) is 11.3. The van der Waals surface area contributed by atoms with Crippen LogP contribution in [0.4, 0.5) is 0 Å². The van der Waals surface area contributed by atoms with Crippen molar-refractivity contribution in [3.63, 3.8) is 0 Å². The molecule has 2 unspecified atom stereocenters. The summed E-state index contributed by atoms with van der Waals surface area (Å²) >= 11 is 0. The molecule has 6 nitrogen and oxygen atoms in total. The number of unbranched alkanes of at least 4 members (excludes halogenated alkanes) is 5. The zero-order valence-electron chi connectivity index (χ0n) is 18.7. The summed E-state index contributed by atoms with van der Waals surface area (Å²) in [5.74, 6) is -0.235. The predicted octanol–water partition coefficient (Wildman–Crippen LogP) is 5.47. The van der Waals surface area contributed by atoms with E-state index in [2.05, 4.69) is 18.7 Å². The zero-order valence-corrected chi connectivity index (χ0v) is 18.7. The third kappa shape index (κ3) is 5.83. The number of carbonyl (C=O) groups excluding carboxylic acids is 1. The summed E-state index contributed by atoms with van der Waals surface area (Å²) in [6.45, 7) is 9.96. The highest BCUT2D eigenvalue weighted by molar-refractivity contribution is 5.71. The summed E-state index contributed by atoms with van der Waals surface area (Å²) in [7, 11) is 0. The Morgan fingerprint density at radius 3 is 2.62 bits per heavy atom. The minimum Gasteiger partial charge on any atom is -0.466 e. The largest absolute Gasteiger partial charge is 0.466 e. The van der Waals surface area contributed by atoms with Crippen LogP contribution in [0.1, 0.15) is 85.5 Å². The second-order valence-corrected chi connectivity index (χ2v) is 8.76. The quantitative estimate of drug-likeness (QED) is 0.197. The SMILES string of the molecule is CCCCCCCCN1CCCC2C1=C([N+](=O)[O-])C(C)=CC2(C)CC(=O)OCC. The fraction of sp³-hybridized carbons (Fsp3) is 0.783. The van der Waals surface area contributed by atoms with Crippen LogP contribution in [0.3, 0.4) is 0 Å². The number of piperidine rings is 1. The highest BCUT2D eigenvalue weighted by atomic mass is 16.6. The van der Waals surface area contributed by atoms with Gasteiger partial charge in [0.25, 0.3) is 5.70 Å². The molecule has 164 valence electrons. The lowest BCUT2D eigenvalue weighted by molar-refractivity contribution is -0.424. The van der Waals surface area contributed by atoms with E-state index in [9.17, 15) is 14.9 Å². The van der Waals surface area contributed by atoms with Gasteiger partial charge in [-0.2, -0.15) is 0 Å². The molecular formula is C23H38N2O4. The smallest absolute Gasteiger partial charge is 0.306 e. The molecule has 0 radical (unpaired) electrons. The number of hydrogen-bond donors (Lipinski definition) is 0. The van der Waals surface area contributed by atoms with Crippen molar-refractivity contribution in [2.45, 2.75) is 85.5 Å². The molecule has 0 amide bonds. The Balaban J connectivity index is 2.22. The maximum Gasteiger partial charge on any atom is 0.306 e. The summed E-state index contributed by atoms with van der Waals surface area (Å²) in [6.07, 6.45) is 11.3. The summed E-state index contributed by atoms with van der Waals surface area (Å²) in [4.78, 5) is 26.2. The van der Waals surface area contributed by atoms with Gasteiger partial charge in [0.2, 0.25) is 0 Å². The molecule has 1 aliphatic heterocycles. The van der Waals surface area contributed by atoms with E-state index in [1.807, 2.05) is 13.0 Å². The maximum atomic E-state index is 12.3. The molecule has 0 saturated carbocycles. The van der Waals surface area contributed by atoms with Crippen LogP contribution < -0.4 is 0 Å². The number of nitrogens with zero attached hydrogens (tertiary/aromatic N) is 2. The number of nitro groups is 1. The number of fused-ring (bicyclic) bond motifs is 1. The van der Waals surface area contributed by atoms with Crippen molar-refractivity contribution in [2.24, 2.45) is 11.3 Å². The standard InChI is InChI=1S/C23H38N2O4/c1-5-7-8-9-10-11-14-24-15-12-13-19-22(24)21(25(27)28)18(3)16-23(19,4)17-20(26)29-6-2/h16,19H,5-15,17H2,1-4H3. The average Bonchev–Trinajstić information content (AvgIpc) is 2.64. The van der Waals surface area contributed by atoms with Crippen LogP contribution >= 0.6 is 0 Å². The Kier molecular flexibility index (Phi) is 8.72. The molecule has 0 spiro atoms. The Bertz CT molecular complexity index is 655. The molecule has 2 rings (SSSR count). The topological polar surface area (TPSA) is 72.7 Å². The van der Waals surface area contributed by atoms with Gasteiger partial charge in [-0.15, -0.1) is 0 Å². The van der Waals surface area contributed by atoms with Gasteiger partial charge in [-0.25, -0.2) is 0 Å². The van der Waals surface area contributed by atoms with Crippen molar-refractivity contribution in [3.8, 4) is 0 Å². The lowest BCUT2D eigenvalue weighted by Crippen LogP contribution is -2.45. The van der Waals surface area contributed by atoms with Gasteiger partial charge in [0.15, 0.2) is 0 Å². The lowest BCUT2D eigenvalue weighted by atomic mass is 9.65. The van der Waals surface area contributed by atoms with E-state index < -0.39 is 5.41 Å². The number of esters is 1. The van der Waals surface area contributed by atoms with Crippen LogP contribution in [0.2, 0.25) is 0 Å². The molecule has 0 bridgehead atoms. The minimum absolute atomic E-state index is 0.00940. The molecular weight excluding hydrogens is 368 g/mol. The third-order valence-corrected chi connectivity index (χ3v) is 6.34. The van der Waals surface area contributed by atoms with Crippen LogP contribution in [0.15, 0.2) is 23.0 Å². The molecule has 0 N–H and O–H groups in total. The number of allylic oxidation sites excluding steroid dienone is 3. The molecule has 1 saturated heterocycles. The van der Waals surface area contributed by atoms with Crippen molar-refractivity contribution < 1.29 is 14.5 Å². The molecule has 29 heavy (non-hydrogen) atoms. The van der Waals surface area contributed by atoms with Gasteiger partial charge in [-0.1, -0.05) is 52.0 Å². The van der Waals surface area contributed by atoms with Gasteiger partial charge in [0.1, 0.15) is 0 Å². The van der Waals surface area contributed by atoms with Crippen molar-refractivity contribution in [2.75, 3.05) is 19.7 Å². The summed E-state index contributed by atoms with van der Waals surface area (Å²) in [5, 5.41) is 11.9. The Morgan fingerprint density at radius 2 is 1.97 bits per heavy atom. The number of hydrogen-bond acceptors (Lipinski definition) is 5. The molecule has 1 heterocycles. The van der Waals surface area contributed by atoms with E-state index in [1.165, 1.54) is 25.7 Å². The molecule has 0 aromatic rings. The Hall–Kier alpha value is -1.85. The normalized spacial score (nSPS) is 24.2. The lowest BCUT2D eigenvalue weighted by Gasteiger charge is -2.46. The van der Waals surface area contributed by atoms with Gasteiger partial charge < -0.3 is 9.64 Å². The third-order valence-electron chi connectivity index (χ3n) is 6.34. The van der Waals surface area contributed by atoms with Gasteiger partial charge in [0, 0.05) is 30.0 Å². The van der Waals surface area contributed by atoms with Crippen molar-refractivity contribution in [1.29, 1.82) is 0 Å². The molecule has 0 aromatic heterocycles. The maximum absolute atomic E-state index is 12.3. The first-order valence-electron chi connectivity index (χ1n) is 11.3.